The lowest BCUT2D eigenvalue weighted by Crippen LogP contribution is -2.39. The monoisotopic (exact) mass is 490 g/mol. The van der Waals surface area contributed by atoms with Crippen molar-refractivity contribution in [3.8, 4) is 0 Å². The van der Waals surface area contributed by atoms with Gasteiger partial charge in [0.25, 0.3) is 10.0 Å². The first-order valence-electron chi connectivity index (χ1n) is 10.9. The molecular formula is C27H23ClN2O3S. The Labute approximate surface area is 203 Å². The number of hydrogen-bond donors (Lipinski definition) is 1. The number of para-hydroxylation sites is 3. The van der Waals surface area contributed by atoms with Gasteiger partial charge in [0.2, 0.25) is 0 Å². The van der Waals surface area contributed by atoms with E-state index in [1.165, 1.54) is 16.4 Å². The number of halogens is 1. The maximum atomic E-state index is 13.6. The number of nitrogens with zero attached hydrogens (tertiary/aromatic N) is 2. The topological polar surface area (TPSA) is 62.5 Å². The van der Waals surface area contributed by atoms with Gasteiger partial charge in [-0.3, -0.25) is 4.31 Å². The highest BCUT2D eigenvalue weighted by atomic mass is 35.5. The number of fused-ring (bicyclic) bond motifs is 3. The summed E-state index contributed by atoms with van der Waals surface area (Å²) in [6.45, 7) is 0.142. The Hall–Kier alpha value is -3.32. The predicted octanol–water partition coefficient (Wildman–Crippen LogP) is 5.70. The smallest absolute Gasteiger partial charge is 0.264 e. The summed E-state index contributed by atoms with van der Waals surface area (Å²) in [4.78, 5) is 0.116. The number of anilines is 1. The second kappa shape index (κ2) is 9.14. The van der Waals surface area contributed by atoms with Crippen molar-refractivity contribution in [2.45, 2.75) is 17.5 Å². The third-order valence-electron chi connectivity index (χ3n) is 5.90. The Balaban J connectivity index is 1.52. The second-order valence-corrected chi connectivity index (χ2v) is 10.4. The van der Waals surface area contributed by atoms with Crippen molar-refractivity contribution in [1.29, 1.82) is 0 Å². The molecule has 1 N–H and O–H groups in total. The molecule has 0 bridgehead atoms. The average Bonchev–Trinajstić information content (AvgIpc) is 3.17. The molecule has 1 atom stereocenters. The molecule has 0 amide bonds. The van der Waals surface area contributed by atoms with Gasteiger partial charge in [0.15, 0.2) is 0 Å². The van der Waals surface area contributed by atoms with Crippen molar-refractivity contribution in [2.75, 3.05) is 10.8 Å². The molecule has 1 heterocycles. The van der Waals surface area contributed by atoms with Crippen LogP contribution in [-0.4, -0.2) is 30.7 Å². The van der Waals surface area contributed by atoms with Gasteiger partial charge in [0.1, 0.15) is 0 Å². The molecule has 5 nitrogen and oxygen atoms in total. The molecule has 4 aromatic carbocycles. The molecule has 0 spiro atoms. The van der Waals surface area contributed by atoms with E-state index in [0.29, 0.717) is 10.7 Å². The van der Waals surface area contributed by atoms with Gasteiger partial charge >= 0.3 is 0 Å². The van der Waals surface area contributed by atoms with E-state index in [4.69, 9.17) is 11.6 Å². The van der Waals surface area contributed by atoms with Gasteiger partial charge in [0.05, 0.1) is 29.8 Å². The third-order valence-corrected chi connectivity index (χ3v) is 7.96. The summed E-state index contributed by atoms with van der Waals surface area (Å²) >= 11 is 5.97. The molecule has 172 valence electrons. The Morgan fingerprint density at radius 3 is 1.88 bits per heavy atom. The van der Waals surface area contributed by atoms with Crippen molar-refractivity contribution in [2.24, 2.45) is 0 Å². The van der Waals surface area contributed by atoms with E-state index in [1.807, 2.05) is 47.0 Å². The molecule has 1 aromatic heterocycles. The number of aliphatic hydroxyl groups is 1. The number of hydrogen-bond acceptors (Lipinski definition) is 3. The van der Waals surface area contributed by atoms with Crippen LogP contribution in [0.5, 0.6) is 0 Å². The van der Waals surface area contributed by atoms with E-state index in [2.05, 4.69) is 12.1 Å². The maximum absolute atomic E-state index is 13.6. The minimum Gasteiger partial charge on any atom is -0.389 e. The van der Waals surface area contributed by atoms with Crippen LogP contribution in [-0.2, 0) is 16.6 Å². The largest absolute Gasteiger partial charge is 0.389 e. The quantitative estimate of drug-likeness (QED) is 0.318. The van der Waals surface area contributed by atoms with Crippen molar-refractivity contribution in [3.63, 3.8) is 0 Å². The van der Waals surface area contributed by atoms with Gasteiger partial charge in [-0.2, -0.15) is 0 Å². The summed E-state index contributed by atoms with van der Waals surface area (Å²) in [5.41, 5.74) is 2.47. The molecule has 0 aliphatic carbocycles. The van der Waals surface area contributed by atoms with Crippen molar-refractivity contribution >= 4 is 49.1 Å². The van der Waals surface area contributed by atoms with Gasteiger partial charge in [-0.25, -0.2) is 8.42 Å². The highest BCUT2D eigenvalue weighted by Crippen LogP contribution is 2.30. The van der Waals surface area contributed by atoms with Crippen LogP contribution in [0.1, 0.15) is 0 Å². The molecule has 5 rings (SSSR count). The third kappa shape index (κ3) is 4.16. The van der Waals surface area contributed by atoms with Gasteiger partial charge in [-0.05, 0) is 48.5 Å². The normalized spacial score (nSPS) is 12.8. The zero-order chi connectivity index (χ0) is 23.7. The van der Waals surface area contributed by atoms with Crippen molar-refractivity contribution < 1.29 is 13.5 Å². The lowest BCUT2D eigenvalue weighted by Gasteiger charge is -2.27. The summed E-state index contributed by atoms with van der Waals surface area (Å²) in [5, 5.41) is 13.8. The Kier molecular flexibility index (Phi) is 6.04. The minimum absolute atomic E-state index is 0.101. The molecule has 0 fully saturated rings. The number of aromatic nitrogens is 1. The van der Waals surface area contributed by atoms with Crippen LogP contribution in [0.3, 0.4) is 0 Å². The lowest BCUT2D eigenvalue weighted by atomic mass is 10.2. The molecule has 0 aliphatic rings. The number of sulfonamides is 1. The summed E-state index contributed by atoms with van der Waals surface area (Å²) in [5.74, 6) is 0. The van der Waals surface area contributed by atoms with Gasteiger partial charge in [0, 0.05) is 26.8 Å². The fourth-order valence-corrected chi connectivity index (χ4v) is 5.96. The van der Waals surface area contributed by atoms with Gasteiger partial charge in [-0.15, -0.1) is 0 Å². The Morgan fingerprint density at radius 1 is 0.765 bits per heavy atom. The van der Waals surface area contributed by atoms with E-state index < -0.39 is 16.1 Å². The molecule has 0 unspecified atom stereocenters. The van der Waals surface area contributed by atoms with Crippen LogP contribution in [0.4, 0.5) is 5.69 Å². The first kappa shape index (κ1) is 22.5. The first-order chi connectivity index (χ1) is 16.4. The molecule has 0 radical (unpaired) electrons. The van der Waals surface area contributed by atoms with E-state index in [0.717, 1.165) is 21.8 Å². The number of benzene rings is 4. The average molecular weight is 491 g/mol. The Morgan fingerprint density at radius 2 is 1.29 bits per heavy atom. The minimum atomic E-state index is -3.92. The zero-order valence-corrected chi connectivity index (χ0v) is 19.8. The fraction of sp³-hybridized carbons (Fsp3) is 0.111. The second-order valence-electron chi connectivity index (χ2n) is 8.12. The lowest BCUT2D eigenvalue weighted by molar-refractivity contribution is 0.166. The summed E-state index contributed by atoms with van der Waals surface area (Å²) in [7, 11) is -3.92. The van der Waals surface area contributed by atoms with Crippen molar-refractivity contribution in [1.82, 2.24) is 4.57 Å². The molecule has 0 saturated heterocycles. The van der Waals surface area contributed by atoms with E-state index >= 15 is 0 Å². The molecule has 0 saturated carbocycles. The van der Waals surface area contributed by atoms with Crippen LogP contribution in [0.25, 0.3) is 21.8 Å². The number of rotatable bonds is 7. The molecule has 7 heteroatoms. The van der Waals surface area contributed by atoms with Crippen LogP contribution in [0.2, 0.25) is 5.02 Å². The zero-order valence-electron chi connectivity index (χ0n) is 18.3. The van der Waals surface area contributed by atoms with E-state index in [9.17, 15) is 13.5 Å². The standard InChI is InChI=1S/C27H23ClN2O3S/c28-20-14-16-23(17-15-20)34(32,33)30(21-8-2-1-3-9-21)19-22(31)18-29-26-12-6-4-10-24(26)25-11-5-7-13-27(25)29/h1-17,22,31H,18-19H2/t22-/m1/s1. The Bertz CT molecular complexity index is 1490. The molecular weight excluding hydrogens is 468 g/mol. The maximum Gasteiger partial charge on any atom is 0.264 e. The predicted molar refractivity (Wildman–Crippen MR) is 138 cm³/mol. The van der Waals surface area contributed by atoms with Crippen LogP contribution < -0.4 is 4.31 Å². The highest BCUT2D eigenvalue weighted by Gasteiger charge is 2.27. The number of aliphatic hydroxyl groups excluding tert-OH is 1. The summed E-state index contributed by atoms with van der Waals surface area (Å²) in [6.07, 6.45) is -0.957. The molecule has 34 heavy (non-hydrogen) atoms. The van der Waals surface area contributed by atoms with E-state index in [1.54, 1.807) is 36.4 Å². The fourth-order valence-electron chi connectivity index (χ4n) is 4.33. The van der Waals surface area contributed by atoms with Gasteiger partial charge < -0.3 is 9.67 Å². The van der Waals surface area contributed by atoms with Crippen LogP contribution in [0.15, 0.2) is 108 Å². The molecule has 0 aliphatic heterocycles. The highest BCUT2D eigenvalue weighted by molar-refractivity contribution is 7.92. The van der Waals surface area contributed by atoms with Crippen LogP contribution >= 0.6 is 11.6 Å². The van der Waals surface area contributed by atoms with Crippen LogP contribution in [0, 0.1) is 0 Å². The van der Waals surface area contributed by atoms with Crippen molar-refractivity contribution in [3.05, 3.63) is 108 Å². The van der Waals surface area contributed by atoms with E-state index in [-0.39, 0.29) is 18.0 Å². The SMILES string of the molecule is O=S(=O)(c1ccc(Cl)cc1)N(C[C@H](O)Cn1c2ccccc2c2ccccc21)c1ccccc1. The first-order valence-corrected chi connectivity index (χ1v) is 12.7. The summed E-state index contributed by atoms with van der Waals surface area (Å²) in [6, 6.07) is 30.9. The summed E-state index contributed by atoms with van der Waals surface area (Å²) < 4.78 is 30.5. The van der Waals surface area contributed by atoms with Gasteiger partial charge in [-0.1, -0.05) is 66.2 Å². The molecule has 5 aromatic rings.